The maximum Gasteiger partial charge on any atom is 0.233 e. The van der Waals surface area contributed by atoms with Crippen molar-refractivity contribution in [2.24, 2.45) is 5.92 Å². The molecule has 2 atom stereocenters. The van der Waals surface area contributed by atoms with Crippen LogP contribution in [0.4, 0.5) is 0 Å². The molecular formula is C18H22ClN5OS. The third-order valence-electron chi connectivity index (χ3n) is 5.40. The van der Waals surface area contributed by atoms with Gasteiger partial charge >= 0.3 is 0 Å². The number of piperidine rings is 1. The molecular weight excluding hydrogens is 370 g/mol. The molecule has 0 radical (unpaired) electrons. The van der Waals surface area contributed by atoms with E-state index in [1.165, 1.54) is 37.4 Å². The molecule has 2 aromatic rings. The van der Waals surface area contributed by atoms with Crippen LogP contribution >= 0.6 is 23.4 Å². The van der Waals surface area contributed by atoms with E-state index in [2.05, 4.69) is 20.4 Å². The van der Waals surface area contributed by atoms with Crippen LogP contribution in [0, 0.1) is 5.92 Å². The zero-order chi connectivity index (χ0) is 17.9. The molecule has 1 aliphatic carbocycles. The van der Waals surface area contributed by atoms with E-state index in [0.717, 1.165) is 25.1 Å². The van der Waals surface area contributed by atoms with Gasteiger partial charge in [0.05, 0.1) is 11.4 Å². The average Bonchev–Trinajstić information content (AvgIpc) is 3.15. The lowest BCUT2D eigenvalue weighted by Gasteiger charge is -2.44. The number of rotatable bonds is 4. The number of aromatic nitrogens is 4. The second kappa shape index (κ2) is 7.96. The van der Waals surface area contributed by atoms with E-state index in [0.29, 0.717) is 27.9 Å². The van der Waals surface area contributed by atoms with Crippen LogP contribution in [0.2, 0.25) is 5.02 Å². The van der Waals surface area contributed by atoms with Crippen LogP contribution < -0.4 is 0 Å². The van der Waals surface area contributed by atoms with Gasteiger partial charge < -0.3 is 4.90 Å². The predicted molar refractivity (Wildman–Crippen MR) is 102 cm³/mol. The summed E-state index contributed by atoms with van der Waals surface area (Å²) in [7, 11) is 0. The van der Waals surface area contributed by atoms with Crippen molar-refractivity contribution in [1.82, 2.24) is 25.1 Å². The maximum atomic E-state index is 12.9. The smallest absolute Gasteiger partial charge is 0.233 e. The Morgan fingerprint density at radius 1 is 1.15 bits per heavy atom. The number of nitrogens with zero attached hydrogens (tertiary/aromatic N) is 5. The standard InChI is InChI=1S/C18H22ClN5OS/c19-14-7-9-15(10-8-14)24-18(20-21-22-24)26-12-17(25)23-11-3-5-13-4-1-2-6-16(13)23/h7-10,13,16H,1-6,11-12H2/t13-,16+/m0/s1. The Bertz CT molecular complexity index is 763. The number of thioether (sulfide) groups is 1. The minimum atomic E-state index is 0.206. The van der Waals surface area contributed by atoms with Crippen molar-refractivity contribution in [3.63, 3.8) is 0 Å². The van der Waals surface area contributed by atoms with Crippen molar-refractivity contribution in [1.29, 1.82) is 0 Å². The Kier molecular flexibility index (Phi) is 5.45. The largest absolute Gasteiger partial charge is 0.339 e. The fourth-order valence-electron chi connectivity index (χ4n) is 4.16. The summed E-state index contributed by atoms with van der Waals surface area (Å²) in [6, 6.07) is 7.77. The van der Waals surface area contributed by atoms with Gasteiger partial charge in [-0.25, -0.2) is 0 Å². The van der Waals surface area contributed by atoms with Gasteiger partial charge in [0.25, 0.3) is 0 Å². The van der Waals surface area contributed by atoms with Gasteiger partial charge in [-0.2, -0.15) is 4.68 Å². The molecule has 1 saturated carbocycles. The first-order chi connectivity index (χ1) is 12.7. The highest BCUT2D eigenvalue weighted by Gasteiger charge is 2.35. The normalized spacial score (nSPS) is 22.9. The van der Waals surface area contributed by atoms with E-state index >= 15 is 0 Å². The number of benzene rings is 1. The van der Waals surface area contributed by atoms with Gasteiger partial charge in [0.2, 0.25) is 11.1 Å². The van der Waals surface area contributed by atoms with E-state index < -0.39 is 0 Å². The van der Waals surface area contributed by atoms with Gasteiger partial charge in [0.15, 0.2) is 0 Å². The summed E-state index contributed by atoms with van der Waals surface area (Å²) in [6.45, 7) is 0.892. The molecule has 8 heteroatoms. The van der Waals surface area contributed by atoms with Crippen LogP contribution in [0.3, 0.4) is 0 Å². The predicted octanol–water partition coefficient (Wildman–Crippen LogP) is 3.59. The molecule has 4 rings (SSSR count). The Labute approximate surface area is 162 Å². The molecule has 2 heterocycles. The zero-order valence-electron chi connectivity index (χ0n) is 14.6. The second-order valence-corrected chi connectivity index (χ2v) is 8.36. The summed E-state index contributed by atoms with van der Waals surface area (Å²) >= 11 is 7.34. The van der Waals surface area contributed by atoms with Crippen LogP contribution in [0.25, 0.3) is 5.69 Å². The molecule has 1 aromatic heterocycles. The number of carbonyl (C=O) groups is 1. The van der Waals surface area contributed by atoms with Gasteiger partial charge in [0, 0.05) is 17.6 Å². The van der Waals surface area contributed by atoms with Crippen molar-refractivity contribution in [2.75, 3.05) is 12.3 Å². The van der Waals surface area contributed by atoms with E-state index in [-0.39, 0.29) is 5.91 Å². The Hall–Kier alpha value is -1.60. The average molecular weight is 392 g/mol. The molecule has 0 bridgehead atoms. The molecule has 0 spiro atoms. The Morgan fingerprint density at radius 3 is 2.77 bits per heavy atom. The minimum Gasteiger partial charge on any atom is -0.339 e. The highest BCUT2D eigenvalue weighted by atomic mass is 35.5. The fourth-order valence-corrected chi connectivity index (χ4v) is 5.06. The molecule has 1 saturated heterocycles. The zero-order valence-corrected chi connectivity index (χ0v) is 16.1. The number of halogens is 1. The number of amides is 1. The van der Waals surface area contributed by atoms with Crippen LogP contribution in [-0.4, -0.2) is 49.4 Å². The lowest BCUT2D eigenvalue weighted by molar-refractivity contribution is -0.134. The first-order valence-corrected chi connectivity index (χ1v) is 10.6. The number of hydrogen-bond acceptors (Lipinski definition) is 5. The molecule has 2 aliphatic rings. The van der Waals surface area contributed by atoms with Crippen LogP contribution in [0.15, 0.2) is 29.4 Å². The molecule has 6 nitrogen and oxygen atoms in total. The summed E-state index contributed by atoms with van der Waals surface area (Å²) in [5, 5.41) is 13.2. The van der Waals surface area contributed by atoms with Crippen molar-refractivity contribution in [3.8, 4) is 5.69 Å². The van der Waals surface area contributed by atoms with Gasteiger partial charge in [-0.05, 0) is 66.3 Å². The lowest BCUT2D eigenvalue weighted by atomic mass is 9.78. The summed E-state index contributed by atoms with van der Waals surface area (Å²) < 4.78 is 1.65. The SMILES string of the molecule is O=C(CSc1nnnn1-c1ccc(Cl)cc1)N1CCC[C@@H]2CCCC[C@H]21. The summed E-state index contributed by atoms with van der Waals surface area (Å²) in [5.41, 5.74) is 0.833. The summed E-state index contributed by atoms with van der Waals surface area (Å²) in [4.78, 5) is 15.0. The molecule has 0 unspecified atom stereocenters. The third kappa shape index (κ3) is 3.74. The molecule has 0 N–H and O–H groups in total. The Morgan fingerprint density at radius 2 is 1.92 bits per heavy atom. The molecule has 1 aromatic carbocycles. The quantitative estimate of drug-likeness (QED) is 0.745. The number of hydrogen-bond donors (Lipinski definition) is 0. The number of tetrazole rings is 1. The monoisotopic (exact) mass is 391 g/mol. The molecule has 26 heavy (non-hydrogen) atoms. The summed E-state index contributed by atoms with van der Waals surface area (Å²) in [6.07, 6.45) is 7.39. The van der Waals surface area contributed by atoms with E-state index in [9.17, 15) is 4.79 Å². The first kappa shape index (κ1) is 17.8. The highest BCUT2D eigenvalue weighted by Crippen LogP contribution is 2.35. The highest BCUT2D eigenvalue weighted by molar-refractivity contribution is 7.99. The van der Waals surface area contributed by atoms with E-state index in [1.54, 1.807) is 16.8 Å². The topological polar surface area (TPSA) is 63.9 Å². The van der Waals surface area contributed by atoms with E-state index in [1.807, 2.05) is 12.1 Å². The maximum absolute atomic E-state index is 12.9. The molecule has 1 amide bonds. The summed E-state index contributed by atoms with van der Waals surface area (Å²) in [5.74, 6) is 1.28. The van der Waals surface area contributed by atoms with Crippen LogP contribution in [0.1, 0.15) is 38.5 Å². The second-order valence-electron chi connectivity index (χ2n) is 6.98. The molecule has 138 valence electrons. The van der Waals surface area contributed by atoms with E-state index in [4.69, 9.17) is 11.6 Å². The first-order valence-electron chi connectivity index (χ1n) is 9.19. The van der Waals surface area contributed by atoms with Crippen LogP contribution in [-0.2, 0) is 4.79 Å². The van der Waals surface area contributed by atoms with Crippen molar-refractivity contribution < 1.29 is 4.79 Å². The van der Waals surface area contributed by atoms with Crippen molar-refractivity contribution >= 4 is 29.3 Å². The number of likely N-dealkylation sites (tertiary alicyclic amines) is 1. The van der Waals surface area contributed by atoms with Gasteiger partial charge in [-0.15, -0.1) is 5.10 Å². The van der Waals surface area contributed by atoms with Gasteiger partial charge in [-0.1, -0.05) is 36.2 Å². The Balaban J connectivity index is 1.42. The third-order valence-corrected chi connectivity index (χ3v) is 6.56. The van der Waals surface area contributed by atoms with Gasteiger partial charge in [0.1, 0.15) is 0 Å². The number of carbonyl (C=O) groups excluding carboxylic acids is 1. The van der Waals surface area contributed by atoms with Crippen molar-refractivity contribution in [2.45, 2.75) is 49.7 Å². The fraction of sp³-hybridized carbons (Fsp3) is 0.556. The lowest BCUT2D eigenvalue weighted by Crippen LogP contribution is -2.50. The van der Waals surface area contributed by atoms with Gasteiger partial charge in [-0.3, -0.25) is 4.79 Å². The van der Waals surface area contributed by atoms with Crippen LogP contribution in [0.5, 0.6) is 0 Å². The molecule has 2 fully saturated rings. The van der Waals surface area contributed by atoms with Crippen molar-refractivity contribution in [3.05, 3.63) is 29.3 Å². The number of fused-ring (bicyclic) bond motifs is 1. The molecule has 1 aliphatic heterocycles. The minimum absolute atomic E-state index is 0.206.